The lowest BCUT2D eigenvalue weighted by Crippen LogP contribution is -2.11. The van der Waals surface area contributed by atoms with Crippen molar-refractivity contribution < 1.29 is 9.47 Å². The number of hydrogen-bond acceptors (Lipinski definition) is 4. The first-order chi connectivity index (χ1) is 9.81. The highest BCUT2D eigenvalue weighted by Crippen LogP contribution is 2.21. The number of nitrogens with zero attached hydrogens (tertiary/aromatic N) is 1. The minimum absolute atomic E-state index is 0.574. The molecular weight excluding hydrogens is 252 g/mol. The van der Waals surface area contributed by atoms with Crippen LogP contribution < -0.4 is 10.1 Å². The van der Waals surface area contributed by atoms with Gasteiger partial charge in [-0.3, -0.25) is 0 Å². The van der Waals surface area contributed by atoms with Crippen molar-refractivity contribution in [1.29, 1.82) is 0 Å². The molecule has 0 aliphatic heterocycles. The molecule has 2 rings (SSSR count). The SMILES string of the molecule is CCNCc1ccnc(Oc2cccc(COC)c2)c1. The van der Waals surface area contributed by atoms with Crippen LogP contribution in [-0.2, 0) is 17.9 Å². The number of ether oxygens (including phenoxy) is 2. The summed E-state index contributed by atoms with van der Waals surface area (Å²) in [6.07, 6.45) is 1.76. The fraction of sp³-hybridized carbons (Fsp3) is 0.312. The molecule has 0 spiro atoms. The van der Waals surface area contributed by atoms with Crippen molar-refractivity contribution in [2.24, 2.45) is 0 Å². The van der Waals surface area contributed by atoms with Gasteiger partial charge in [-0.25, -0.2) is 4.98 Å². The van der Waals surface area contributed by atoms with E-state index in [2.05, 4.69) is 17.2 Å². The van der Waals surface area contributed by atoms with Crippen molar-refractivity contribution in [3.8, 4) is 11.6 Å². The molecule has 1 aromatic heterocycles. The van der Waals surface area contributed by atoms with Crippen molar-refractivity contribution in [2.75, 3.05) is 13.7 Å². The third-order valence-electron chi connectivity index (χ3n) is 2.81. The van der Waals surface area contributed by atoms with Crippen molar-refractivity contribution in [3.63, 3.8) is 0 Å². The van der Waals surface area contributed by atoms with Crippen molar-refractivity contribution in [1.82, 2.24) is 10.3 Å². The quantitative estimate of drug-likeness (QED) is 0.841. The Labute approximate surface area is 119 Å². The molecule has 1 heterocycles. The number of methoxy groups -OCH3 is 1. The normalized spacial score (nSPS) is 10.5. The Morgan fingerprint density at radius 1 is 1.15 bits per heavy atom. The van der Waals surface area contributed by atoms with Gasteiger partial charge < -0.3 is 14.8 Å². The minimum atomic E-state index is 0.574. The summed E-state index contributed by atoms with van der Waals surface area (Å²) >= 11 is 0. The second kappa shape index (κ2) is 7.62. The zero-order valence-electron chi connectivity index (χ0n) is 11.9. The first-order valence-electron chi connectivity index (χ1n) is 6.73. The van der Waals surface area contributed by atoms with E-state index in [9.17, 15) is 0 Å². The van der Waals surface area contributed by atoms with Crippen LogP contribution in [0.25, 0.3) is 0 Å². The highest BCUT2D eigenvalue weighted by Gasteiger charge is 2.02. The molecule has 0 bridgehead atoms. The smallest absolute Gasteiger partial charge is 0.219 e. The zero-order chi connectivity index (χ0) is 14.2. The first-order valence-corrected chi connectivity index (χ1v) is 6.73. The highest BCUT2D eigenvalue weighted by molar-refractivity contribution is 5.32. The van der Waals surface area contributed by atoms with Gasteiger partial charge in [0.2, 0.25) is 5.88 Å². The minimum Gasteiger partial charge on any atom is -0.439 e. The summed E-state index contributed by atoms with van der Waals surface area (Å²) in [5.74, 6) is 1.38. The van der Waals surface area contributed by atoms with Gasteiger partial charge in [0, 0.05) is 25.9 Å². The Morgan fingerprint density at radius 3 is 2.85 bits per heavy atom. The van der Waals surface area contributed by atoms with Crippen molar-refractivity contribution >= 4 is 0 Å². The second-order valence-corrected chi connectivity index (χ2v) is 4.47. The lowest BCUT2D eigenvalue weighted by atomic mass is 10.2. The summed E-state index contributed by atoms with van der Waals surface area (Å²) in [5, 5.41) is 3.28. The number of pyridine rings is 1. The van der Waals surface area contributed by atoms with E-state index in [-0.39, 0.29) is 0 Å². The molecule has 0 amide bonds. The van der Waals surface area contributed by atoms with Crippen LogP contribution in [-0.4, -0.2) is 18.6 Å². The van der Waals surface area contributed by atoms with Crippen LogP contribution in [0.1, 0.15) is 18.1 Å². The lowest BCUT2D eigenvalue weighted by Gasteiger charge is -2.08. The van der Waals surface area contributed by atoms with Gasteiger partial charge >= 0.3 is 0 Å². The van der Waals surface area contributed by atoms with Crippen LogP contribution in [0.3, 0.4) is 0 Å². The van der Waals surface area contributed by atoms with Crippen molar-refractivity contribution in [3.05, 3.63) is 53.7 Å². The maximum absolute atomic E-state index is 5.79. The van der Waals surface area contributed by atoms with Gasteiger partial charge in [0.05, 0.1) is 6.61 Å². The fourth-order valence-corrected chi connectivity index (χ4v) is 1.87. The Bertz CT molecular complexity index is 544. The Balaban J connectivity index is 2.07. The molecule has 1 aromatic carbocycles. The molecular formula is C16H20N2O2. The summed E-state index contributed by atoms with van der Waals surface area (Å²) in [6.45, 7) is 4.42. The zero-order valence-corrected chi connectivity index (χ0v) is 11.9. The molecule has 4 heteroatoms. The summed E-state index contributed by atoms with van der Waals surface area (Å²) < 4.78 is 10.9. The third-order valence-corrected chi connectivity index (χ3v) is 2.81. The predicted octanol–water partition coefficient (Wildman–Crippen LogP) is 3.13. The standard InChI is InChI=1S/C16H20N2O2/c1-3-17-11-13-7-8-18-16(10-13)20-15-6-4-5-14(9-15)12-19-2/h4-10,17H,3,11-12H2,1-2H3. The van der Waals surface area contributed by atoms with Gasteiger partial charge in [0.15, 0.2) is 0 Å². The van der Waals surface area contributed by atoms with Gasteiger partial charge in [0.25, 0.3) is 0 Å². The van der Waals surface area contributed by atoms with E-state index >= 15 is 0 Å². The van der Waals surface area contributed by atoms with E-state index in [1.807, 2.05) is 36.4 Å². The maximum atomic E-state index is 5.79. The van der Waals surface area contributed by atoms with Crippen molar-refractivity contribution in [2.45, 2.75) is 20.1 Å². The topological polar surface area (TPSA) is 43.4 Å². The lowest BCUT2D eigenvalue weighted by molar-refractivity contribution is 0.184. The molecule has 106 valence electrons. The van der Waals surface area contributed by atoms with Gasteiger partial charge in [-0.1, -0.05) is 19.1 Å². The molecule has 4 nitrogen and oxygen atoms in total. The van der Waals surface area contributed by atoms with E-state index in [4.69, 9.17) is 9.47 Å². The Kier molecular flexibility index (Phi) is 5.53. The van der Waals surface area contributed by atoms with E-state index < -0.39 is 0 Å². The summed E-state index contributed by atoms with van der Waals surface area (Å²) in [5.41, 5.74) is 2.23. The highest BCUT2D eigenvalue weighted by atomic mass is 16.5. The monoisotopic (exact) mass is 272 g/mol. The molecule has 20 heavy (non-hydrogen) atoms. The molecule has 0 unspecified atom stereocenters. The average molecular weight is 272 g/mol. The number of nitrogens with one attached hydrogen (secondary N) is 1. The second-order valence-electron chi connectivity index (χ2n) is 4.47. The molecule has 1 N–H and O–H groups in total. The number of aromatic nitrogens is 1. The largest absolute Gasteiger partial charge is 0.439 e. The first kappa shape index (κ1) is 14.5. The van der Waals surface area contributed by atoms with Crippen LogP contribution in [0.15, 0.2) is 42.6 Å². The van der Waals surface area contributed by atoms with E-state index in [1.54, 1.807) is 13.3 Å². The fourth-order valence-electron chi connectivity index (χ4n) is 1.87. The summed E-state index contributed by atoms with van der Waals surface area (Å²) in [7, 11) is 1.68. The van der Waals surface area contributed by atoms with Crippen LogP contribution in [0.5, 0.6) is 11.6 Å². The van der Waals surface area contributed by atoms with E-state index in [0.717, 1.165) is 30.0 Å². The van der Waals surface area contributed by atoms with Crippen LogP contribution in [0, 0.1) is 0 Å². The Morgan fingerprint density at radius 2 is 2.05 bits per heavy atom. The van der Waals surface area contributed by atoms with Gasteiger partial charge in [-0.05, 0) is 35.9 Å². The molecule has 0 saturated carbocycles. The molecule has 0 atom stereocenters. The van der Waals surface area contributed by atoms with Gasteiger partial charge in [-0.2, -0.15) is 0 Å². The number of hydrogen-bond donors (Lipinski definition) is 1. The molecule has 0 saturated heterocycles. The van der Waals surface area contributed by atoms with Crippen LogP contribution >= 0.6 is 0 Å². The Hall–Kier alpha value is -1.91. The molecule has 0 radical (unpaired) electrons. The third kappa shape index (κ3) is 4.33. The van der Waals surface area contributed by atoms with Crippen LogP contribution in [0.4, 0.5) is 0 Å². The molecule has 0 aliphatic carbocycles. The van der Waals surface area contributed by atoms with Gasteiger partial charge in [0.1, 0.15) is 5.75 Å². The van der Waals surface area contributed by atoms with Gasteiger partial charge in [-0.15, -0.1) is 0 Å². The number of rotatable bonds is 7. The van der Waals surface area contributed by atoms with Crippen LogP contribution in [0.2, 0.25) is 0 Å². The molecule has 2 aromatic rings. The predicted molar refractivity (Wildman–Crippen MR) is 78.8 cm³/mol. The average Bonchev–Trinajstić information content (AvgIpc) is 2.46. The molecule has 0 fully saturated rings. The summed E-state index contributed by atoms with van der Waals surface area (Å²) in [4.78, 5) is 4.24. The summed E-state index contributed by atoms with van der Waals surface area (Å²) in [6, 6.07) is 11.8. The molecule has 0 aliphatic rings. The maximum Gasteiger partial charge on any atom is 0.219 e. The number of benzene rings is 1. The van der Waals surface area contributed by atoms with E-state index in [1.165, 1.54) is 0 Å². The van der Waals surface area contributed by atoms with E-state index in [0.29, 0.717) is 12.5 Å².